The van der Waals surface area contributed by atoms with Crippen molar-refractivity contribution in [3.8, 4) is 0 Å². The van der Waals surface area contributed by atoms with Crippen LogP contribution in [0.1, 0.15) is 48.0 Å². The Kier molecular flexibility index (Phi) is 16.0. The van der Waals surface area contributed by atoms with Gasteiger partial charge in [0.25, 0.3) is 5.79 Å². The zero-order valence-corrected chi connectivity index (χ0v) is 33.0. The van der Waals surface area contributed by atoms with Crippen LogP contribution in [0.3, 0.4) is 0 Å². The van der Waals surface area contributed by atoms with Crippen molar-refractivity contribution >= 4 is 28.2 Å². The molecule has 0 aliphatic carbocycles. The predicted molar refractivity (Wildman–Crippen MR) is 184 cm³/mol. The number of aliphatic hydroxyl groups excluding tert-OH is 8. The average molecular weight is 867 g/mol. The third-order valence-corrected chi connectivity index (χ3v) is 10.7. The van der Waals surface area contributed by atoms with Gasteiger partial charge in [-0.3, -0.25) is 14.1 Å². The largest absolute Gasteiger partial charge is 0.477 e. The number of carboxylic acid groups (broad SMARTS) is 1. The van der Waals surface area contributed by atoms with E-state index >= 15 is 0 Å². The summed E-state index contributed by atoms with van der Waals surface area (Å²) in [5, 5.41) is 102. The summed E-state index contributed by atoms with van der Waals surface area (Å²) in [5.41, 5.74) is 0. The molecule has 25 nitrogen and oxygen atoms in total. The highest BCUT2D eigenvalue weighted by molar-refractivity contribution is 7.80. The highest BCUT2D eigenvalue weighted by Gasteiger charge is 2.60. The van der Waals surface area contributed by atoms with E-state index in [1.165, 1.54) is 13.8 Å². The molecule has 0 bridgehead atoms. The van der Waals surface area contributed by atoms with Crippen molar-refractivity contribution in [1.29, 1.82) is 0 Å². The molecule has 0 aromatic carbocycles. The van der Waals surface area contributed by atoms with Gasteiger partial charge < -0.3 is 89.8 Å². The van der Waals surface area contributed by atoms with Gasteiger partial charge in [-0.25, -0.2) is 8.98 Å². The molecule has 58 heavy (non-hydrogen) atoms. The number of carboxylic acids is 1. The summed E-state index contributed by atoms with van der Waals surface area (Å²) in [4.78, 5) is 37.2. The molecule has 4 aliphatic rings. The minimum atomic E-state index is -5.23. The van der Waals surface area contributed by atoms with Gasteiger partial charge in [-0.15, -0.1) is 0 Å². The van der Waals surface area contributed by atoms with Gasteiger partial charge in [0.05, 0.1) is 49.2 Å². The first-order valence-corrected chi connectivity index (χ1v) is 19.6. The number of hydrogen-bond donors (Lipinski definition) is 12. The van der Waals surface area contributed by atoms with Gasteiger partial charge in [-0.1, -0.05) is 0 Å². The number of rotatable bonds is 14. The molecule has 336 valence electrons. The van der Waals surface area contributed by atoms with Crippen molar-refractivity contribution in [3.05, 3.63) is 0 Å². The molecule has 12 N–H and O–H groups in total. The summed E-state index contributed by atoms with van der Waals surface area (Å²) in [6, 6.07) is -2.68. The second-order valence-corrected chi connectivity index (χ2v) is 15.9. The maximum atomic E-state index is 12.9. The van der Waals surface area contributed by atoms with E-state index in [1.54, 1.807) is 6.92 Å². The standard InChI is InChI=1S/C32H54N2O23S/c1-9(35)19(39)26-18(34-14(6)37)15(38)7-32(56-26,31(45)46)57-28-21(41)16(8-50-58(47,48)49)53-30(24(28)44)54-25-12(4)51-10(2)17(33-13(5)36)27(25)55-29-23(43)22(42)20(40)11(3)52-29/h9-12,15-30,35,38-44H,7-8H2,1-6H3,(H,33,36)(H,34,37)(H,45,46)(H,47,48,49). The summed E-state index contributed by atoms with van der Waals surface area (Å²) >= 11 is 0. The van der Waals surface area contributed by atoms with Gasteiger partial charge in [0.1, 0.15) is 67.1 Å². The summed E-state index contributed by atoms with van der Waals surface area (Å²) in [7, 11) is -5.23. The van der Waals surface area contributed by atoms with Crippen LogP contribution in [0.15, 0.2) is 0 Å². The SMILES string of the molecule is CC(=O)NC1C(O)CC(OC2C(O)C(COS(=O)(=O)O)OC(OC3C(C)OC(C)C(NC(C)=O)C3OC3OC(C)C(O)C(O)C3O)C2O)(C(=O)O)OC1C(O)C(C)O. The predicted octanol–water partition coefficient (Wildman–Crippen LogP) is -6.28. The molecule has 4 fully saturated rings. The molecule has 0 aromatic rings. The second-order valence-electron chi connectivity index (χ2n) is 14.8. The maximum Gasteiger partial charge on any atom is 0.397 e. The molecular formula is C32H54N2O23S. The molecule has 4 heterocycles. The monoisotopic (exact) mass is 866 g/mol. The van der Waals surface area contributed by atoms with Crippen LogP contribution in [0, 0.1) is 0 Å². The minimum absolute atomic E-state index is 0.599. The molecule has 4 rings (SSSR count). The summed E-state index contributed by atoms with van der Waals surface area (Å²) in [6.45, 7) is 6.45. The van der Waals surface area contributed by atoms with Gasteiger partial charge in [0, 0.05) is 20.3 Å². The number of carbonyl (C=O) groups is 3. The second kappa shape index (κ2) is 19.2. The molecular weight excluding hydrogens is 812 g/mol. The van der Waals surface area contributed by atoms with Crippen LogP contribution in [0.4, 0.5) is 0 Å². The van der Waals surface area contributed by atoms with Crippen molar-refractivity contribution < 1.29 is 111 Å². The maximum absolute atomic E-state index is 12.9. The smallest absolute Gasteiger partial charge is 0.397 e. The quantitative estimate of drug-likeness (QED) is 0.0723. The van der Waals surface area contributed by atoms with Gasteiger partial charge in [-0.05, 0) is 27.7 Å². The van der Waals surface area contributed by atoms with E-state index < -0.39 is 169 Å². The van der Waals surface area contributed by atoms with Crippen LogP contribution < -0.4 is 10.6 Å². The molecule has 0 spiro atoms. The summed E-state index contributed by atoms with van der Waals surface area (Å²) in [5.74, 6) is -6.46. The van der Waals surface area contributed by atoms with E-state index in [0.717, 1.165) is 20.8 Å². The number of aliphatic carboxylic acids is 1. The number of amides is 2. The molecule has 0 saturated carbocycles. The van der Waals surface area contributed by atoms with E-state index in [-0.39, 0.29) is 0 Å². The van der Waals surface area contributed by atoms with Gasteiger partial charge in [0.15, 0.2) is 12.6 Å². The van der Waals surface area contributed by atoms with Gasteiger partial charge >= 0.3 is 16.4 Å². The molecule has 21 unspecified atom stereocenters. The molecule has 21 atom stereocenters. The number of carbonyl (C=O) groups excluding carboxylic acids is 2. The lowest BCUT2D eigenvalue weighted by atomic mass is 9.88. The zero-order valence-electron chi connectivity index (χ0n) is 32.1. The number of aliphatic hydroxyl groups is 8. The summed E-state index contributed by atoms with van der Waals surface area (Å²) < 4.78 is 77.7. The molecule has 4 saturated heterocycles. The highest BCUT2D eigenvalue weighted by atomic mass is 32.3. The fourth-order valence-corrected chi connectivity index (χ4v) is 7.63. The van der Waals surface area contributed by atoms with Crippen molar-refractivity contribution in [2.45, 2.75) is 176 Å². The Morgan fingerprint density at radius 3 is 1.88 bits per heavy atom. The highest BCUT2D eigenvalue weighted by Crippen LogP contribution is 2.39. The molecule has 0 radical (unpaired) electrons. The number of nitrogens with one attached hydrogen (secondary N) is 2. The van der Waals surface area contributed by atoms with E-state index in [2.05, 4.69) is 14.8 Å². The Morgan fingerprint density at radius 1 is 0.759 bits per heavy atom. The van der Waals surface area contributed by atoms with Crippen molar-refractivity contribution in [2.75, 3.05) is 6.61 Å². The van der Waals surface area contributed by atoms with Crippen molar-refractivity contribution in [2.24, 2.45) is 0 Å². The molecule has 26 heteroatoms. The molecule has 4 aliphatic heterocycles. The number of hydrogen-bond acceptors (Lipinski definition) is 21. The molecule has 2 amide bonds. The van der Waals surface area contributed by atoms with Gasteiger partial charge in [-0.2, -0.15) is 8.42 Å². The Morgan fingerprint density at radius 2 is 1.33 bits per heavy atom. The van der Waals surface area contributed by atoms with E-state index in [0.29, 0.717) is 0 Å². The lowest BCUT2D eigenvalue weighted by Gasteiger charge is -2.51. The first-order chi connectivity index (χ1) is 26.8. The van der Waals surface area contributed by atoms with Gasteiger partial charge in [0.2, 0.25) is 11.8 Å². The Balaban J connectivity index is 1.75. The van der Waals surface area contributed by atoms with Crippen molar-refractivity contribution in [1.82, 2.24) is 10.6 Å². The lowest BCUT2D eigenvalue weighted by Crippen LogP contribution is -2.71. The lowest BCUT2D eigenvalue weighted by molar-refractivity contribution is -0.384. The minimum Gasteiger partial charge on any atom is -0.477 e. The average Bonchev–Trinajstić information content (AvgIpc) is 3.11. The normalized spacial score (nSPS) is 44.8. The first-order valence-electron chi connectivity index (χ1n) is 18.2. The van der Waals surface area contributed by atoms with Crippen molar-refractivity contribution in [3.63, 3.8) is 0 Å². The third kappa shape index (κ3) is 10.9. The van der Waals surface area contributed by atoms with Crippen LogP contribution in [-0.2, 0) is 62.1 Å². The topological polar surface area (TPSA) is 386 Å². The Hall–Kier alpha value is -2.32. The van der Waals surface area contributed by atoms with E-state index in [9.17, 15) is 73.3 Å². The third-order valence-electron chi connectivity index (χ3n) is 10.3. The number of ether oxygens (including phenoxy) is 7. The first kappa shape index (κ1) is 48.3. The fraction of sp³-hybridized carbons (Fsp3) is 0.906. The Labute approximate surface area is 332 Å². The van der Waals surface area contributed by atoms with Crippen LogP contribution in [0.25, 0.3) is 0 Å². The van der Waals surface area contributed by atoms with Crippen LogP contribution in [0.2, 0.25) is 0 Å². The molecule has 0 aromatic heterocycles. The van der Waals surface area contributed by atoms with Crippen LogP contribution >= 0.6 is 0 Å². The van der Waals surface area contributed by atoms with E-state index in [4.69, 9.17) is 33.2 Å². The zero-order chi connectivity index (χ0) is 43.8. The van der Waals surface area contributed by atoms with Crippen LogP contribution in [0.5, 0.6) is 0 Å². The summed E-state index contributed by atoms with van der Waals surface area (Å²) in [6.07, 6.45) is -32.2. The van der Waals surface area contributed by atoms with E-state index in [1.807, 2.05) is 0 Å². The fourth-order valence-electron chi connectivity index (χ4n) is 7.32. The van der Waals surface area contributed by atoms with Crippen LogP contribution in [-0.4, -0.2) is 211 Å². The Bertz CT molecular complexity index is 1540.